The van der Waals surface area contributed by atoms with Crippen LogP contribution < -0.4 is 11.1 Å². The predicted octanol–water partition coefficient (Wildman–Crippen LogP) is 3.09. The zero-order valence-electron chi connectivity index (χ0n) is 11.7. The largest absolute Gasteiger partial charge is 0.370 e. The minimum atomic E-state index is -0.0560. The molecule has 0 bridgehead atoms. The van der Waals surface area contributed by atoms with E-state index in [1.807, 2.05) is 0 Å². The molecule has 0 fully saturated rings. The van der Waals surface area contributed by atoms with Gasteiger partial charge in [0.25, 0.3) is 0 Å². The van der Waals surface area contributed by atoms with Gasteiger partial charge in [0.1, 0.15) is 5.01 Å². The summed E-state index contributed by atoms with van der Waals surface area (Å²) < 4.78 is 0. The molecular formula is C12H23IN4S. The van der Waals surface area contributed by atoms with Crippen LogP contribution in [0.2, 0.25) is 0 Å². The average Bonchev–Trinajstić information content (AvgIpc) is 2.60. The lowest BCUT2D eigenvalue weighted by molar-refractivity contribution is 0.508. The van der Waals surface area contributed by atoms with Crippen molar-refractivity contribution in [2.45, 2.75) is 52.6 Å². The van der Waals surface area contributed by atoms with Gasteiger partial charge in [-0.3, -0.25) is 0 Å². The third-order valence-corrected chi connectivity index (χ3v) is 2.90. The summed E-state index contributed by atoms with van der Waals surface area (Å²) in [6.07, 6.45) is 0. The van der Waals surface area contributed by atoms with Crippen molar-refractivity contribution >= 4 is 41.3 Å². The molecule has 1 rings (SSSR count). The van der Waals surface area contributed by atoms with Crippen LogP contribution in [0.15, 0.2) is 10.4 Å². The number of aliphatic imine (C=N–C) groups is 1. The Morgan fingerprint density at radius 2 is 2.11 bits per heavy atom. The Labute approximate surface area is 131 Å². The van der Waals surface area contributed by atoms with Crippen LogP contribution in [0.5, 0.6) is 0 Å². The highest BCUT2D eigenvalue weighted by molar-refractivity contribution is 14.0. The molecule has 1 aromatic heterocycles. The highest BCUT2D eigenvalue weighted by Gasteiger charge is 2.10. The second-order valence-corrected chi connectivity index (χ2v) is 6.34. The van der Waals surface area contributed by atoms with Crippen molar-refractivity contribution in [2.75, 3.05) is 0 Å². The molecule has 0 spiro atoms. The number of hydrogen-bond donors (Lipinski definition) is 2. The van der Waals surface area contributed by atoms with Gasteiger partial charge < -0.3 is 11.1 Å². The molecule has 0 aliphatic heterocycles. The van der Waals surface area contributed by atoms with E-state index < -0.39 is 0 Å². The molecule has 0 amide bonds. The topological polar surface area (TPSA) is 63.3 Å². The lowest BCUT2D eigenvalue weighted by Crippen LogP contribution is -2.44. The van der Waals surface area contributed by atoms with Crippen molar-refractivity contribution in [3.63, 3.8) is 0 Å². The Balaban J connectivity index is 0.00000289. The summed E-state index contributed by atoms with van der Waals surface area (Å²) in [4.78, 5) is 8.79. The fraction of sp³-hybridized carbons (Fsp3) is 0.667. The molecule has 1 aromatic rings. The molecule has 6 heteroatoms. The Kier molecular flexibility index (Phi) is 7.13. The van der Waals surface area contributed by atoms with Gasteiger partial charge in [0.05, 0.1) is 12.2 Å². The van der Waals surface area contributed by atoms with Crippen LogP contribution in [-0.2, 0) is 6.54 Å². The quantitative estimate of drug-likeness (QED) is 0.480. The molecule has 1 heterocycles. The number of hydrogen-bond acceptors (Lipinski definition) is 3. The number of nitrogens with zero attached hydrogens (tertiary/aromatic N) is 2. The number of nitrogens with one attached hydrogen (secondary N) is 1. The molecule has 104 valence electrons. The first-order chi connectivity index (χ1) is 7.78. The molecule has 0 saturated heterocycles. The van der Waals surface area contributed by atoms with E-state index in [0.717, 1.165) is 10.7 Å². The molecule has 18 heavy (non-hydrogen) atoms. The molecule has 0 aromatic carbocycles. The summed E-state index contributed by atoms with van der Waals surface area (Å²) >= 11 is 1.64. The fourth-order valence-electron chi connectivity index (χ4n) is 1.24. The average molecular weight is 382 g/mol. The molecule has 0 radical (unpaired) electrons. The van der Waals surface area contributed by atoms with E-state index in [0.29, 0.717) is 18.4 Å². The zero-order chi connectivity index (χ0) is 13.1. The number of guanidine groups is 1. The van der Waals surface area contributed by atoms with Crippen molar-refractivity contribution in [3.05, 3.63) is 16.1 Å². The minimum Gasteiger partial charge on any atom is -0.370 e. The molecule has 0 atom stereocenters. The van der Waals surface area contributed by atoms with Gasteiger partial charge in [-0.25, -0.2) is 9.98 Å². The Morgan fingerprint density at radius 1 is 1.50 bits per heavy atom. The number of rotatable bonds is 3. The summed E-state index contributed by atoms with van der Waals surface area (Å²) in [5.41, 5.74) is 6.86. The number of thiazole rings is 1. The van der Waals surface area contributed by atoms with Crippen molar-refractivity contribution < 1.29 is 0 Å². The molecule has 4 nitrogen and oxygen atoms in total. The first-order valence-electron chi connectivity index (χ1n) is 5.80. The van der Waals surface area contributed by atoms with E-state index >= 15 is 0 Å². The second kappa shape index (κ2) is 7.28. The summed E-state index contributed by atoms with van der Waals surface area (Å²) in [6.45, 7) is 11.0. The Hall–Kier alpha value is -0.370. The molecule has 0 aliphatic carbocycles. The second-order valence-electron chi connectivity index (χ2n) is 5.40. The van der Waals surface area contributed by atoms with E-state index in [4.69, 9.17) is 5.73 Å². The van der Waals surface area contributed by atoms with Crippen LogP contribution in [0.3, 0.4) is 0 Å². The third-order valence-electron chi connectivity index (χ3n) is 2.05. The lowest BCUT2D eigenvalue weighted by Gasteiger charge is -2.20. The first kappa shape index (κ1) is 17.6. The monoisotopic (exact) mass is 382 g/mol. The zero-order valence-corrected chi connectivity index (χ0v) is 14.8. The maximum atomic E-state index is 5.79. The fourth-order valence-corrected chi connectivity index (χ4v) is 2.12. The SMILES string of the molecule is CC(C)c1csc(CN=C(N)NC(C)(C)C)n1.I. The normalized spacial score (nSPS) is 12.4. The Morgan fingerprint density at radius 3 is 2.56 bits per heavy atom. The van der Waals surface area contributed by atoms with Crippen LogP contribution >= 0.6 is 35.3 Å². The summed E-state index contributed by atoms with van der Waals surface area (Å²) in [5, 5.41) is 6.22. The van der Waals surface area contributed by atoms with Gasteiger partial charge in [0.2, 0.25) is 0 Å². The highest BCUT2D eigenvalue weighted by Crippen LogP contribution is 2.18. The van der Waals surface area contributed by atoms with E-state index in [1.54, 1.807) is 11.3 Å². The summed E-state index contributed by atoms with van der Waals surface area (Å²) in [6, 6.07) is 0. The van der Waals surface area contributed by atoms with Crippen molar-refractivity contribution in [1.29, 1.82) is 0 Å². The van der Waals surface area contributed by atoms with Gasteiger partial charge in [-0.1, -0.05) is 13.8 Å². The van der Waals surface area contributed by atoms with Gasteiger partial charge in [0, 0.05) is 10.9 Å². The van der Waals surface area contributed by atoms with Gasteiger partial charge in [-0.2, -0.15) is 0 Å². The van der Waals surface area contributed by atoms with Gasteiger partial charge >= 0.3 is 0 Å². The van der Waals surface area contributed by atoms with Crippen LogP contribution in [0.4, 0.5) is 0 Å². The van der Waals surface area contributed by atoms with E-state index in [2.05, 4.69) is 55.3 Å². The smallest absolute Gasteiger partial charge is 0.189 e. The van der Waals surface area contributed by atoms with Gasteiger partial charge in [0.15, 0.2) is 5.96 Å². The molecule has 0 saturated carbocycles. The summed E-state index contributed by atoms with van der Waals surface area (Å²) in [5.74, 6) is 0.938. The maximum Gasteiger partial charge on any atom is 0.189 e. The third kappa shape index (κ3) is 6.53. The van der Waals surface area contributed by atoms with E-state index in [1.165, 1.54) is 0 Å². The van der Waals surface area contributed by atoms with Crippen LogP contribution in [-0.4, -0.2) is 16.5 Å². The molecule has 0 unspecified atom stereocenters. The lowest BCUT2D eigenvalue weighted by atomic mass is 10.1. The standard InChI is InChI=1S/C12H22N4S.HI/c1-8(2)9-7-17-10(15-9)6-14-11(13)16-12(3,4)5;/h7-8H,6H2,1-5H3,(H3,13,14,16);1H. The minimum absolute atomic E-state index is 0. The summed E-state index contributed by atoms with van der Waals surface area (Å²) in [7, 11) is 0. The Bertz CT molecular complexity index is 393. The number of aromatic nitrogens is 1. The van der Waals surface area contributed by atoms with Crippen molar-refractivity contribution in [2.24, 2.45) is 10.7 Å². The first-order valence-corrected chi connectivity index (χ1v) is 6.68. The van der Waals surface area contributed by atoms with Crippen LogP contribution in [0, 0.1) is 0 Å². The number of halogens is 1. The van der Waals surface area contributed by atoms with E-state index in [-0.39, 0.29) is 29.5 Å². The van der Waals surface area contributed by atoms with Crippen molar-refractivity contribution in [1.82, 2.24) is 10.3 Å². The highest BCUT2D eigenvalue weighted by atomic mass is 127. The number of nitrogens with two attached hydrogens (primary N) is 1. The maximum absolute atomic E-state index is 5.79. The van der Waals surface area contributed by atoms with Crippen LogP contribution in [0.25, 0.3) is 0 Å². The van der Waals surface area contributed by atoms with Gasteiger partial charge in [-0.05, 0) is 26.7 Å². The van der Waals surface area contributed by atoms with E-state index in [9.17, 15) is 0 Å². The molecular weight excluding hydrogens is 359 g/mol. The van der Waals surface area contributed by atoms with Gasteiger partial charge in [-0.15, -0.1) is 35.3 Å². The predicted molar refractivity (Wildman–Crippen MR) is 89.8 cm³/mol. The molecule has 0 aliphatic rings. The molecule has 3 N–H and O–H groups in total. The van der Waals surface area contributed by atoms with Crippen molar-refractivity contribution in [3.8, 4) is 0 Å². The van der Waals surface area contributed by atoms with Crippen LogP contribution in [0.1, 0.15) is 51.2 Å².